The summed E-state index contributed by atoms with van der Waals surface area (Å²) in [5.41, 5.74) is 7.29. The van der Waals surface area contributed by atoms with Gasteiger partial charge in [-0.25, -0.2) is 0 Å². The van der Waals surface area contributed by atoms with Crippen LogP contribution in [0.2, 0.25) is 0 Å². The molecule has 2 saturated carbocycles. The zero-order valence-electron chi connectivity index (χ0n) is 12.8. The molecule has 0 aromatic rings. The van der Waals surface area contributed by atoms with Crippen LogP contribution in [0.25, 0.3) is 0 Å². The topological polar surface area (TPSA) is 38.0 Å². The van der Waals surface area contributed by atoms with E-state index in [-0.39, 0.29) is 0 Å². The average molecular weight is 252 g/mol. The van der Waals surface area contributed by atoms with Gasteiger partial charge in [0.05, 0.1) is 0 Å². The van der Waals surface area contributed by atoms with E-state index in [1.54, 1.807) is 0 Å². The predicted molar refractivity (Wildman–Crippen MR) is 78.5 cm³/mol. The Balaban J connectivity index is 1.72. The molecule has 0 heterocycles. The Bertz CT molecular complexity index is 269. The van der Waals surface area contributed by atoms with Crippen LogP contribution in [-0.2, 0) is 0 Å². The molecule has 106 valence electrons. The number of nitrogens with one attached hydrogen (secondary N) is 1. The molecule has 0 amide bonds. The highest BCUT2D eigenvalue weighted by Crippen LogP contribution is 2.67. The second-order valence-electron chi connectivity index (χ2n) is 7.72. The maximum Gasteiger partial charge on any atom is 0.00792 e. The van der Waals surface area contributed by atoms with Gasteiger partial charge in [-0.2, -0.15) is 0 Å². The SMILES string of the molecule is CC1(C)C(CNCC2CCCCCC2N)C1(C)C. The summed E-state index contributed by atoms with van der Waals surface area (Å²) in [6.07, 6.45) is 6.64. The van der Waals surface area contributed by atoms with Crippen molar-refractivity contribution < 1.29 is 0 Å². The van der Waals surface area contributed by atoms with E-state index in [9.17, 15) is 0 Å². The lowest BCUT2D eigenvalue weighted by atomic mass is 9.95. The van der Waals surface area contributed by atoms with Crippen LogP contribution in [0.1, 0.15) is 59.8 Å². The molecule has 2 nitrogen and oxygen atoms in total. The third-order valence-corrected chi connectivity index (χ3v) is 6.29. The van der Waals surface area contributed by atoms with E-state index in [2.05, 4.69) is 33.0 Å². The molecule has 0 radical (unpaired) electrons. The quantitative estimate of drug-likeness (QED) is 0.754. The molecule has 0 aromatic carbocycles. The van der Waals surface area contributed by atoms with E-state index < -0.39 is 0 Å². The van der Waals surface area contributed by atoms with E-state index in [1.165, 1.54) is 38.6 Å². The first kappa shape index (κ1) is 14.3. The monoisotopic (exact) mass is 252 g/mol. The molecule has 18 heavy (non-hydrogen) atoms. The van der Waals surface area contributed by atoms with E-state index in [0.717, 1.165) is 12.5 Å². The zero-order chi connectivity index (χ0) is 13.4. The molecule has 2 rings (SSSR count). The van der Waals surface area contributed by atoms with Crippen molar-refractivity contribution in [3.05, 3.63) is 0 Å². The molecule has 2 aliphatic carbocycles. The maximum absolute atomic E-state index is 6.28. The van der Waals surface area contributed by atoms with Gasteiger partial charge in [0.25, 0.3) is 0 Å². The minimum Gasteiger partial charge on any atom is -0.327 e. The van der Waals surface area contributed by atoms with Gasteiger partial charge in [-0.1, -0.05) is 47.0 Å². The lowest BCUT2D eigenvalue weighted by Gasteiger charge is -2.22. The van der Waals surface area contributed by atoms with Gasteiger partial charge in [-0.05, 0) is 48.6 Å². The summed E-state index contributed by atoms with van der Waals surface area (Å²) in [5, 5.41) is 3.71. The second kappa shape index (κ2) is 5.13. The van der Waals surface area contributed by atoms with E-state index in [4.69, 9.17) is 5.73 Å². The van der Waals surface area contributed by atoms with Crippen LogP contribution in [0.3, 0.4) is 0 Å². The van der Waals surface area contributed by atoms with Gasteiger partial charge in [-0.3, -0.25) is 0 Å². The van der Waals surface area contributed by atoms with Crippen LogP contribution in [0, 0.1) is 22.7 Å². The summed E-state index contributed by atoms with van der Waals surface area (Å²) in [4.78, 5) is 0. The Labute approximate surface area is 113 Å². The molecule has 0 saturated heterocycles. The van der Waals surface area contributed by atoms with Gasteiger partial charge in [0, 0.05) is 6.04 Å². The van der Waals surface area contributed by atoms with Gasteiger partial charge in [0.2, 0.25) is 0 Å². The molecule has 3 N–H and O–H groups in total. The van der Waals surface area contributed by atoms with Gasteiger partial charge < -0.3 is 11.1 Å². The fourth-order valence-electron chi connectivity index (χ4n) is 3.92. The van der Waals surface area contributed by atoms with Crippen LogP contribution < -0.4 is 11.1 Å². The molecular weight excluding hydrogens is 220 g/mol. The molecule has 2 aliphatic rings. The summed E-state index contributed by atoms with van der Waals surface area (Å²) in [6.45, 7) is 11.9. The van der Waals surface area contributed by atoms with Crippen LogP contribution in [0.4, 0.5) is 0 Å². The third-order valence-electron chi connectivity index (χ3n) is 6.29. The molecular formula is C16H32N2. The van der Waals surface area contributed by atoms with Crippen molar-refractivity contribution >= 4 is 0 Å². The lowest BCUT2D eigenvalue weighted by Crippen LogP contribution is -2.37. The van der Waals surface area contributed by atoms with Crippen molar-refractivity contribution in [2.75, 3.05) is 13.1 Å². The normalized spacial score (nSPS) is 35.2. The number of hydrogen-bond acceptors (Lipinski definition) is 2. The smallest absolute Gasteiger partial charge is 0.00792 e. The summed E-state index contributed by atoms with van der Waals surface area (Å²) in [6, 6.07) is 0.431. The van der Waals surface area contributed by atoms with Gasteiger partial charge in [0.15, 0.2) is 0 Å². The van der Waals surface area contributed by atoms with Crippen LogP contribution >= 0.6 is 0 Å². The Morgan fingerprint density at radius 1 is 0.944 bits per heavy atom. The van der Waals surface area contributed by atoms with Crippen LogP contribution in [0.15, 0.2) is 0 Å². The van der Waals surface area contributed by atoms with Crippen molar-refractivity contribution in [2.45, 2.75) is 65.8 Å². The zero-order valence-corrected chi connectivity index (χ0v) is 12.8. The molecule has 0 aliphatic heterocycles. The predicted octanol–water partition coefficient (Wildman–Crippen LogP) is 3.17. The highest BCUT2D eigenvalue weighted by Gasteiger charge is 2.63. The molecule has 0 aromatic heterocycles. The largest absolute Gasteiger partial charge is 0.327 e. The van der Waals surface area contributed by atoms with Crippen molar-refractivity contribution in [1.29, 1.82) is 0 Å². The van der Waals surface area contributed by atoms with Crippen molar-refractivity contribution in [2.24, 2.45) is 28.4 Å². The molecule has 0 spiro atoms. The average Bonchev–Trinajstić information content (AvgIpc) is 2.78. The minimum absolute atomic E-state index is 0.431. The number of hydrogen-bond donors (Lipinski definition) is 2. The maximum atomic E-state index is 6.28. The Kier molecular flexibility index (Phi) is 4.08. The summed E-state index contributed by atoms with van der Waals surface area (Å²) in [7, 11) is 0. The highest BCUT2D eigenvalue weighted by atomic mass is 14.9. The molecule has 2 heteroatoms. The first-order valence-corrected chi connectivity index (χ1v) is 7.83. The van der Waals surface area contributed by atoms with Gasteiger partial charge in [0.1, 0.15) is 0 Å². The minimum atomic E-state index is 0.431. The Morgan fingerprint density at radius 3 is 2.17 bits per heavy atom. The van der Waals surface area contributed by atoms with Crippen molar-refractivity contribution in [1.82, 2.24) is 5.32 Å². The van der Waals surface area contributed by atoms with Gasteiger partial charge in [-0.15, -0.1) is 0 Å². The number of rotatable bonds is 4. The molecule has 0 bridgehead atoms. The van der Waals surface area contributed by atoms with Gasteiger partial charge >= 0.3 is 0 Å². The summed E-state index contributed by atoms with van der Waals surface area (Å²) < 4.78 is 0. The van der Waals surface area contributed by atoms with Crippen LogP contribution in [-0.4, -0.2) is 19.1 Å². The standard InChI is InChI=1S/C16H32N2/c1-15(2)14(16(15,3)4)11-18-10-12-8-6-5-7-9-13(12)17/h12-14,18H,5-11,17H2,1-4H3. The lowest BCUT2D eigenvalue weighted by molar-refractivity contribution is 0.366. The van der Waals surface area contributed by atoms with E-state index in [1.807, 2.05) is 0 Å². The summed E-state index contributed by atoms with van der Waals surface area (Å²) in [5.74, 6) is 1.53. The van der Waals surface area contributed by atoms with Crippen LogP contribution in [0.5, 0.6) is 0 Å². The highest BCUT2D eigenvalue weighted by molar-refractivity contribution is 5.12. The number of nitrogens with two attached hydrogens (primary N) is 1. The molecule has 2 unspecified atom stereocenters. The van der Waals surface area contributed by atoms with E-state index >= 15 is 0 Å². The fraction of sp³-hybridized carbons (Fsp3) is 1.00. The second-order valence-corrected chi connectivity index (χ2v) is 7.72. The first-order valence-electron chi connectivity index (χ1n) is 7.83. The van der Waals surface area contributed by atoms with E-state index in [0.29, 0.717) is 22.8 Å². The fourth-order valence-corrected chi connectivity index (χ4v) is 3.92. The molecule has 2 atom stereocenters. The third kappa shape index (κ3) is 2.60. The van der Waals surface area contributed by atoms with Crippen molar-refractivity contribution in [3.63, 3.8) is 0 Å². The molecule has 2 fully saturated rings. The van der Waals surface area contributed by atoms with Crippen molar-refractivity contribution in [3.8, 4) is 0 Å². The summed E-state index contributed by atoms with van der Waals surface area (Å²) >= 11 is 0. The Morgan fingerprint density at radius 2 is 1.56 bits per heavy atom. The Hall–Kier alpha value is -0.0800. The first-order chi connectivity index (χ1) is 8.37.